The summed E-state index contributed by atoms with van der Waals surface area (Å²) < 4.78 is 2.17. The van der Waals surface area contributed by atoms with E-state index in [1.54, 1.807) is 0 Å². The molecule has 1 aliphatic rings. The highest BCUT2D eigenvalue weighted by atomic mass is 32.1. The maximum Gasteiger partial charge on any atom is 0.266 e. The molecule has 0 saturated carbocycles. The van der Waals surface area contributed by atoms with E-state index in [0.29, 0.717) is 6.04 Å². The van der Waals surface area contributed by atoms with Gasteiger partial charge >= 0.3 is 0 Å². The fourth-order valence-corrected chi connectivity index (χ4v) is 4.23. The molecule has 3 heterocycles. The molecule has 1 saturated heterocycles. The second kappa shape index (κ2) is 6.83. The van der Waals surface area contributed by atoms with E-state index in [9.17, 15) is 4.79 Å². The van der Waals surface area contributed by atoms with Gasteiger partial charge in [-0.05, 0) is 46.5 Å². The zero-order chi connectivity index (χ0) is 16.4. The summed E-state index contributed by atoms with van der Waals surface area (Å²) in [6.07, 6.45) is 8.24. The van der Waals surface area contributed by atoms with Gasteiger partial charge < -0.3 is 9.47 Å². The number of piperidine rings is 1. The van der Waals surface area contributed by atoms with Gasteiger partial charge in [0.2, 0.25) is 0 Å². The van der Waals surface area contributed by atoms with Crippen molar-refractivity contribution in [2.45, 2.75) is 59.0 Å². The Balaban J connectivity index is 1.72. The number of likely N-dealkylation sites (tertiary alicyclic amines) is 1. The van der Waals surface area contributed by atoms with Gasteiger partial charge in [-0.3, -0.25) is 4.79 Å². The van der Waals surface area contributed by atoms with Crippen molar-refractivity contribution in [3.63, 3.8) is 0 Å². The number of carbonyl (C=O) groups excluding carboxylic acids is 1. The van der Waals surface area contributed by atoms with Gasteiger partial charge in [0.1, 0.15) is 10.7 Å². The number of carbonyl (C=O) groups is 1. The molecule has 5 nitrogen and oxygen atoms in total. The van der Waals surface area contributed by atoms with Crippen LogP contribution in [0.25, 0.3) is 0 Å². The molecular weight excluding hydrogens is 308 g/mol. The van der Waals surface area contributed by atoms with Crippen LogP contribution in [0.3, 0.4) is 0 Å². The maximum absolute atomic E-state index is 12.9. The SMILES string of the molecule is Cc1nc(C)c(C(=O)N2CCCC[C@H]2CCn2ccnc2C)s1. The number of thiazole rings is 1. The Labute approximate surface area is 141 Å². The fraction of sp³-hybridized carbons (Fsp3) is 0.588. The van der Waals surface area contributed by atoms with Crippen molar-refractivity contribution in [3.8, 4) is 0 Å². The first-order valence-electron chi connectivity index (χ1n) is 8.29. The van der Waals surface area contributed by atoms with Crippen LogP contribution in [0.1, 0.15) is 51.9 Å². The predicted molar refractivity (Wildman–Crippen MR) is 91.8 cm³/mol. The van der Waals surface area contributed by atoms with E-state index in [-0.39, 0.29) is 5.91 Å². The zero-order valence-corrected chi connectivity index (χ0v) is 14.9. The second-order valence-electron chi connectivity index (χ2n) is 6.25. The zero-order valence-electron chi connectivity index (χ0n) is 14.1. The van der Waals surface area contributed by atoms with E-state index in [1.165, 1.54) is 17.8 Å². The van der Waals surface area contributed by atoms with Gasteiger partial charge in [-0.15, -0.1) is 11.3 Å². The molecule has 23 heavy (non-hydrogen) atoms. The average molecular weight is 332 g/mol. The van der Waals surface area contributed by atoms with Crippen molar-refractivity contribution >= 4 is 17.2 Å². The van der Waals surface area contributed by atoms with E-state index in [0.717, 1.165) is 53.8 Å². The molecule has 2 aromatic rings. The molecule has 0 unspecified atom stereocenters. The molecule has 0 aliphatic carbocycles. The van der Waals surface area contributed by atoms with Gasteiger partial charge in [-0.1, -0.05) is 0 Å². The van der Waals surface area contributed by atoms with E-state index < -0.39 is 0 Å². The van der Waals surface area contributed by atoms with Gasteiger partial charge in [0.25, 0.3) is 5.91 Å². The molecule has 6 heteroatoms. The summed E-state index contributed by atoms with van der Waals surface area (Å²) in [6, 6.07) is 0.319. The number of amides is 1. The standard InChI is InChI=1S/C17H24N4OS/c1-12-16(23-14(3)19-12)17(22)21-9-5-4-6-15(21)7-10-20-11-8-18-13(20)2/h8,11,15H,4-7,9-10H2,1-3H3/t15-/m0/s1. The van der Waals surface area contributed by atoms with Gasteiger partial charge in [0.05, 0.1) is 10.7 Å². The van der Waals surface area contributed by atoms with E-state index in [4.69, 9.17) is 0 Å². The van der Waals surface area contributed by atoms with Crippen LogP contribution in [0.4, 0.5) is 0 Å². The normalized spacial score (nSPS) is 18.4. The Morgan fingerprint density at radius 1 is 1.35 bits per heavy atom. The summed E-state index contributed by atoms with van der Waals surface area (Å²) in [5.41, 5.74) is 0.868. The van der Waals surface area contributed by atoms with Crippen LogP contribution in [-0.2, 0) is 6.54 Å². The van der Waals surface area contributed by atoms with Crippen LogP contribution in [0, 0.1) is 20.8 Å². The lowest BCUT2D eigenvalue weighted by Crippen LogP contribution is -2.44. The van der Waals surface area contributed by atoms with Crippen LogP contribution in [-0.4, -0.2) is 37.9 Å². The van der Waals surface area contributed by atoms with E-state index >= 15 is 0 Å². The first-order valence-corrected chi connectivity index (χ1v) is 9.10. The van der Waals surface area contributed by atoms with Crippen LogP contribution < -0.4 is 0 Å². The van der Waals surface area contributed by atoms with Crippen molar-refractivity contribution in [3.05, 3.63) is 33.8 Å². The third kappa shape index (κ3) is 3.47. The quantitative estimate of drug-likeness (QED) is 0.863. The molecule has 2 aromatic heterocycles. The highest BCUT2D eigenvalue weighted by Gasteiger charge is 2.29. The van der Waals surface area contributed by atoms with E-state index in [1.807, 2.05) is 33.2 Å². The molecule has 0 aromatic carbocycles. The molecule has 1 amide bonds. The van der Waals surface area contributed by atoms with Gasteiger partial charge in [0, 0.05) is 31.5 Å². The second-order valence-corrected chi connectivity index (χ2v) is 7.46. The summed E-state index contributed by atoms with van der Waals surface area (Å²) in [7, 11) is 0. The molecule has 0 bridgehead atoms. The molecule has 0 radical (unpaired) electrons. The van der Waals surface area contributed by atoms with Gasteiger partial charge in [0.15, 0.2) is 0 Å². The number of aryl methyl sites for hydroxylation is 4. The van der Waals surface area contributed by atoms with Crippen LogP contribution in [0.5, 0.6) is 0 Å². The smallest absolute Gasteiger partial charge is 0.266 e. The number of aromatic nitrogens is 3. The third-order valence-electron chi connectivity index (χ3n) is 4.61. The van der Waals surface area contributed by atoms with Crippen molar-refractivity contribution in [2.24, 2.45) is 0 Å². The first-order chi connectivity index (χ1) is 11.1. The average Bonchev–Trinajstić information content (AvgIpc) is 3.10. The Morgan fingerprint density at radius 3 is 2.83 bits per heavy atom. The molecule has 3 rings (SSSR count). The number of hydrogen-bond acceptors (Lipinski definition) is 4. The fourth-order valence-electron chi connectivity index (χ4n) is 3.36. The Bertz CT molecular complexity index is 691. The summed E-state index contributed by atoms with van der Waals surface area (Å²) >= 11 is 1.52. The van der Waals surface area contributed by atoms with Crippen LogP contribution >= 0.6 is 11.3 Å². The first kappa shape index (κ1) is 16.2. The highest BCUT2D eigenvalue weighted by Crippen LogP contribution is 2.26. The number of rotatable bonds is 4. The number of imidazole rings is 1. The third-order valence-corrected chi connectivity index (χ3v) is 5.67. The molecule has 1 atom stereocenters. The largest absolute Gasteiger partial charge is 0.335 e. The summed E-state index contributed by atoms with van der Waals surface area (Å²) in [5, 5.41) is 0.966. The van der Waals surface area contributed by atoms with Crippen molar-refractivity contribution in [1.82, 2.24) is 19.4 Å². The Kier molecular flexibility index (Phi) is 4.80. The number of nitrogens with zero attached hydrogens (tertiary/aromatic N) is 4. The lowest BCUT2D eigenvalue weighted by atomic mass is 9.99. The van der Waals surface area contributed by atoms with Crippen molar-refractivity contribution in [2.75, 3.05) is 6.54 Å². The summed E-state index contributed by atoms with van der Waals surface area (Å²) in [6.45, 7) is 7.70. The lowest BCUT2D eigenvalue weighted by molar-refractivity contribution is 0.0599. The highest BCUT2D eigenvalue weighted by molar-refractivity contribution is 7.13. The predicted octanol–water partition coefficient (Wildman–Crippen LogP) is 3.35. The topological polar surface area (TPSA) is 51.0 Å². The molecule has 124 valence electrons. The van der Waals surface area contributed by atoms with Gasteiger partial charge in [-0.25, -0.2) is 9.97 Å². The number of hydrogen-bond donors (Lipinski definition) is 0. The minimum absolute atomic E-state index is 0.167. The molecule has 0 N–H and O–H groups in total. The summed E-state index contributed by atoms with van der Waals surface area (Å²) in [5.74, 6) is 1.20. The van der Waals surface area contributed by atoms with Crippen molar-refractivity contribution in [1.29, 1.82) is 0 Å². The molecular formula is C17H24N4OS. The lowest BCUT2D eigenvalue weighted by Gasteiger charge is -2.36. The Hall–Kier alpha value is -1.69. The van der Waals surface area contributed by atoms with Crippen LogP contribution in [0.15, 0.2) is 12.4 Å². The molecule has 1 aliphatic heterocycles. The molecule has 1 fully saturated rings. The minimum atomic E-state index is 0.167. The van der Waals surface area contributed by atoms with Gasteiger partial charge in [-0.2, -0.15) is 0 Å². The summed E-state index contributed by atoms with van der Waals surface area (Å²) in [4.78, 5) is 24.5. The maximum atomic E-state index is 12.9. The Morgan fingerprint density at radius 2 is 2.17 bits per heavy atom. The molecule has 0 spiro atoms. The van der Waals surface area contributed by atoms with Crippen LogP contribution in [0.2, 0.25) is 0 Å². The van der Waals surface area contributed by atoms with Crippen molar-refractivity contribution < 1.29 is 4.79 Å². The minimum Gasteiger partial charge on any atom is -0.335 e. The van der Waals surface area contributed by atoms with E-state index in [2.05, 4.69) is 19.4 Å². The monoisotopic (exact) mass is 332 g/mol.